The zero-order valence-corrected chi connectivity index (χ0v) is 15.3. The fourth-order valence-corrected chi connectivity index (χ4v) is 2.42. The highest BCUT2D eigenvalue weighted by Gasteiger charge is 2.26. The Hall–Kier alpha value is -1.09. The van der Waals surface area contributed by atoms with Crippen LogP contribution in [0.5, 0.6) is 0 Å². The fourth-order valence-electron chi connectivity index (χ4n) is 2.42. The lowest BCUT2D eigenvalue weighted by Gasteiger charge is -2.37. The summed E-state index contributed by atoms with van der Waals surface area (Å²) in [5.74, 6) is 1.11. The van der Waals surface area contributed by atoms with Gasteiger partial charge in [0.15, 0.2) is 0 Å². The molecule has 3 heteroatoms. The van der Waals surface area contributed by atoms with Crippen LogP contribution in [-0.2, 0) is 6.54 Å². The Bertz CT molecular complexity index is 472. The molecule has 0 aliphatic carbocycles. The largest absolute Gasteiger partial charge is 0.356 e. The number of hydrogen-bond acceptors (Lipinski definition) is 3. The van der Waals surface area contributed by atoms with Gasteiger partial charge in [-0.1, -0.05) is 34.6 Å². The maximum absolute atomic E-state index is 4.83. The average Bonchev–Trinajstić information content (AvgIpc) is 2.33. The van der Waals surface area contributed by atoms with Crippen molar-refractivity contribution in [3.8, 4) is 0 Å². The lowest BCUT2D eigenvalue weighted by molar-refractivity contribution is 0.328. The third-order valence-corrected chi connectivity index (χ3v) is 4.31. The first kappa shape index (κ1) is 18.0. The number of aryl methyl sites for hydroxylation is 2. The van der Waals surface area contributed by atoms with Crippen molar-refractivity contribution in [2.45, 2.75) is 74.0 Å². The Morgan fingerprint density at radius 1 is 1.19 bits per heavy atom. The Balaban J connectivity index is 3.20. The normalized spacial score (nSPS) is 13.6. The first-order chi connectivity index (χ1) is 9.54. The van der Waals surface area contributed by atoms with Crippen molar-refractivity contribution < 1.29 is 0 Å². The minimum absolute atomic E-state index is 0.219. The minimum atomic E-state index is 0.219. The van der Waals surface area contributed by atoms with Gasteiger partial charge in [0, 0.05) is 36.9 Å². The zero-order valence-electron chi connectivity index (χ0n) is 15.3. The molecule has 120 valence electrons. The van der Waals surface area contributed by atoms with Crippen LogP contribution in [0.15, 0.2) is 6.07 Å². The Morgan fingerprint density at radius 3 is 2.24 bits per heavy atom. The van der Waals surface area contributed by atoms with Gasteiger partial charge in [0.1, 0.15) is 5.82 Å². The van der Waals surface area contributed by atoms with Gasteiger partial charge >= 0.3 is 0 Å². The summed E-state index contributed by atoms with van der Waals surface area (Å²) in [5, 5.41) is 3.53. The van der Waals surface area contributed by atoms with E-state index in [0.29, 0.717) is 12.1 Å². The summed E-state index contributed by atoms with van der Waals surface area (Å²) >= 11 is 0. The van der Waals surface area contributed by atoms with Crippen LogP contribution in [0.1, 0.15) is 58.4 Å². The van der Waals surface area contributed by atoms with E-state index in [1.807, 2.05) is 0 Å². The van der Waals surface area contributed by atoms with Gasteiger partial charge in [0.2, 0.25) is 0 Å². The van der Waals surface area contributed by atoms with E-state index in [9.17, 15) is 0 Å². The third-order valence-electron chi connectivity index (χ3n) is 4.31. The van der Waals surface area contributed by atoms with E-state index < -0.39 is 0 Å². The van der Waals surface area contributed by atoms with Crippen molar-refractivity contribution in [1.29, 1.82) is 0 Å². The highest BCUT2D eigenvalue weighted by Crippen LogP contribution is 2.30. The third kappa shape index (κ3) is 4.70. The van der Waals surface area contributed by atoms with Crippen molar-refractivity contribution in [3.63, 3.8) is 0 Å². The van der Waals surface area contributed by atoms with Crippen LogP contribution in [0.3, 0.4) is 0 Å². The van der Waals surface area contributed by atoms with E-state index in [0.717, 1.165) is 18.1 Å². The SMILES string of the molecule is Cc1cc(C)c(CNC(C)C)c(N(C)C(C)C(C)(C)C)n1. The molecule has 0 bridgehead atoms. The minimum Gasteiger partial charge on any atom is -0.356 e. The number of nitrogens with one attached hydrogen (secondary N) is 1. The molecular weight excluding hydrogens is 258 g/mol. The van der Waals surface area contributed by atoms with Crippen LogP contribution in [0.25, 0.3) is 0 Å². The molecule has 0 saturated heterocycles. The summed E-state index contributed by atoms with van der Waals surface area (Å²) < 4.78 is 0. The van der Waals surface area contributed by atoms with Gasteiger partial charge in [0.05, 0.1) is 0 Å². The highest BCUT2D eigenvalue weighted by atomic mass is 15.2. The second kappa shape index (κ2) is 6.78. The summed E-state index contributed by atoms with van der Waals surface area (Å²) in [7, 11) is 2.16. The molecule has 1 atom stereocenters. The first-order valence-electron chi connectivity index (χ1n) is 7.97. The van der Waals surface area contributed by atoms with Crippen LogP contribution >= 0.6 is 0 Å². The van der Waals surface area contributed by atoms with Crippen LogP contribution in [-0.4, -0.2) is 24.1 Å². The lowest BCUT2D eigenvalue weighted by Crippen LogP contribution is -2.40. The van der Waals surface area contributed by atoms with Crippen molar-refractivity contribution in [2.24, 2.45) is 5.41 Å². The molecule has 1 N–H and O–H groups in total. The lowest BCUT2D eigenvalue weighted by atomic mass is 9.87. The number of nitrogens with zero attached hydrogens (tertiary/aromatic N) is 2. The highest BCUT2D eigenvalue weighted by molar-refractivity contribution is 5.52. The number of aromatic nitrogens is 1. The van der Waals surface area contributed by atoms with E-state index in [-0.39, 0.29) is 5.41 Å². The number of pyridine rings is 1. The van der Waals surface area contributed by atoms with E-state index in [4.69, 9.17) is 4.98 Å². The molecule has 0 spiro atoms. The number of rotatable bonds is 5. The standard InChI is InChI=1S/C18H33N3/c1-12(2)19-11-16-13(3)10-14(4)20-17(16)21(9)15(5)18(6,7)8/h10,12,15,19H,11H2,1-9H3. The molecule has 1 aromatic rings. The summed E-state index contributed by atoms with van der Waals surface area (Å²) in [5.41, 5.74) is 3.94. The summed E-state index contributed by atoms with van der Waals surface area (Å²) in [6, 6.07) is 3.07. The molecule has 0 aliphatic heterocycles. The maximum Gasteiger partial charge on any atom is 0.133 e. The zero-order chi connectivity index (χ0) is 16.4. The van der Waals surface area contributed by atoms with E-state index in [2.05, 4.69) is 78.7 Å². The molecule has 1 aromatic heterocycles. The van der Waals surface area contributed by atoms with E-state index in [1.165, 1.54) is 11.1 Å². The van der Waals surface area contributed by atoms with Crippen molar-refractivity contribution in [1.82, 2.24) is 10.3 Å². The summed E-state index contributed by atoms with van der Waals surface area (Å²) in [6.07, 6.45) is 0. The molecule has 3 nitrogen and oxygen atoms in total. The molecule has 1 heterocycles. The van der Waals surface area contributed by atoms with Crippen molar-refractivity contribution in [3.05, 3.63) is 22.9 Å². The number of hydrogen-bond donors (Lipinski definition) is 1. The Labute approximate surface area is 131 Å². The molecule has 1 rings (SSSR count). The molecule has 0 radical (unpaired) electrons. The van der Waals surface area contributed by atoms with E-state index >= 15 is 0 Å². The second-order valence-corrected chi connectivity index (χ2v) is 7.57. The van der Waals surface area contributed by atoms with Gasteiger partial charge in [-0.3, -0.25) is 0 Å². The molecule has 21 heavy (non-hydrogen) atoms. The van der Waals surface area contributed by atoms with Gasteiger partial charge in [-0.05, 0) is 37.8 Å². The molecule has 0 saturated carbocycles. The van der Waals surface area contributed by atoms with Gasteiger partial charge in [-0.15, -0.1) is 0 Å². The summed E-state index contributed by atoms with van der Waals surface area (Å²) in [4.78, 5) is 7.16. The quantitative estimate of drug-likeness (QED) is 0.886. The fraction of sp³-hybridized carbons (Fsp3) is 0.722. The number of anilines is 1. The maximum atomic E-state index is 4.83. The predicted molar refractivity (Wildman–Crippen MR) is 93.0 cm³/mol. The molecule has 0 amide bonds. The molecular formula is C18H33N3. The summed E-state index contributed by atoms with van der Waals surface area (Å²) in [6.45, 7) is 18.6. The first-order valence-corrected chi connectivity index (χ1v) is 7.97. The van der Waals surface area contributed by atoms with Crippen LogP contribution in [0.2, 0.25) is 0 Å². The van der Waals surface area contributed by atoms with Gasteiger partial charge < -0.3 is 10.2 Å². The molecule has 1 unspecified atom stereocenters. The smallest absolute Gasteiger partial charge is 0.133 e. The van der Waals surface area contributed by atoms with Crippen LogP contribution in [0, 0.1) is 19.3 Å². The van der Waals surface area contributed by atoms with Crippen LogP contribution in [0.4, 0.5) is 5.82 Å². The van der Waals surface area contributed by atoms with Gasteiger partial charge in [0.25, 0.3) is 0 Å². The second-order valence-electron chi connectivity index (χ2n) is 7.57. The average molecular weight is 291 g/mol. The van der Waals surface area contributed by atoms with Gasteiger partial charge in [-0.2, -0.15) is 0 Å². The predicted octanol–water partition coefficient (Wildman–Crippen LogP) is 4.07. The van der Waals surface area contributed by atoms with Crippen LogP contribution < -0.4 is 10.2 Å². The van der Waals surface area contributed by atoms with Crippen molar-refractivity contribution >= 4 is 5.82 Å². The Morgan fingerprint density at radius 2 is 1.76 bits per heavy atom. The molecule has 0 aliphatic rings. The van der Waals surface area contributed by atoms with Crippen molar-refractivity contribution in [2.75, 3.05) is 11.9 Å². The monoisotopic (exact) mass is 291 g/mol. The van der Waals surface area contributed by atoms with Gasteiger partial charge in [-0.25, -0.2) is 4.98 Å². The topological polar surface area (TPSA) is 28.2 Å². The Kier molecular flexibility index (Phi) is 5.80. The molecule has 0 aromatic carbocycles. The molecule has 0 fully saturated rings. The van der Waals surface area contributed by atoms with E-state index in [1.54, 1.807) is 0 Å².